The predicted octanol–water partition coefficient (Wildman–Crippen LogP) is 2.74. The van der Waals surface area contributed by atoms with Crippen molar-refractivity contribution in [1.82, 2.24) is 5.32 Å². The van der Waals surface area contributed by atoms with Crippen LogP contribution < -0.4 is 15.4 Å². The molecule has 0 saturated carbocycles. The molecule has 0 aliphatic carbocycles. The van der Waals surface area contributed by atoms with Crippen molar-refractivity contribution < 1.29 is 14.3 Å². The Bertz CT molecular complexity index is 499. The molecule has 0 aromatic heterocycles. The molecule has 1 aliphatic rings. The summed E-state index contributed by atoms with van der Waals surface area (Å²) >= 11 is 0. The van der Waals surface area contributed by atoms with Crippen LogP contribution in [0.3, 0.4) is 0 Å². The number of rotatable bonds is 8. The molecular weight excluding hydrogens is 292 g/mol. The van der Waals surface area contributed by atoms with Gasteiger partial charge in [0, 0.05) is 19.2 Å². The van der Waals surface area contributed by atoms with Crippen molar-refractivity contribution in [3.63, 3.8) is 0 Å². The first-order valence-corrected chi connectivity index (χ1v) is 8.42. The fourth-order valence-electron chi connectivity index (χ4n) is 2.83. The summed E-state index contributed by atoms with van der Waals surface area (Å²) in [5.74, 6) is 1.58. The van der Waals surface area contributed by atoms with Crippen LogP contribution in [0.2, 0.25) is 0 Å². The minimum atomic E-state index is 0.0969. The summed E-state index contributed by atoms with van der Waals surface area (Å²) in [6.45, 7) is 5.23. The van der Waals surface area contributed by atoms with Gasteiger partial charge < -0.3 is 20.1 Å². The SMILES string of the molecule is COCCOc1ccc(NC(=O)CCC2CCNCC2)c(C)c1. The summed E-state index contributed by atoms with van der Waals surface area (Å²) in [6.07, 6.45) is 3.93. The van der Waals surface area contributed by atoms with E-state index >= 15 is 0 Å². The lowest BCUT2D eigenvalue weighted by Crippen LogP contribution is -2.28. The molecular formula is C18H28N2O3. The fourth-order valence-corrected chi connectivity index (χ4v) is 2.83. The monoisotopic (exact) mass is 320 g/mol. The molecule has 0 unspecified atom stereocenters. The molecule has 1 aromatic carbocycles. The molecule has 1 aromatic rings. The number of carbonyl (C=O) groups is 1. The number of methoxy groups -OCH3 is 1. The number of carbonyl (C=O) groups excluding carboxylic acids is 1. The maximum Gasteiger partial charge on any atom is 0.224 e. The minimum Gasteiger partial charge on any atom is -0.491 e. The number of hydrogen-bond donors (Lipinski definition) is 2. The lowest BCUT2D eigenvalue weighted by molar-refractivity contribution is -0.116. The number of anilines is 1. The molecule has 0 spiro atoms. The van der Waals surface area contributed by atoms with Crippen molar-refractivity contribution in [2.45, 2.75) is 32.6 Å². The Morgan fingerprint density at radius 1 is 1.30 bits per heavy atom. The number of piperidine rings is 1. The Kier molecular flexibility index (Phi) is 7.36. The Morgan fingerprint density at radius 2 is 2.09 bits per heavy atom. The molecule has 0 radical (unpaired) electrons. The highest BCUT2D eigenvalue weighted by Crippen LogP contribution is 2.22. The Labute approximate surface area is 138 Å². The quantitative estimate of drug-likeness (QED) is 0.723. The van der Waals surface area contributed by atoms with Gasteiger partial charge in [0.1, 0.15) is 12.4 Å². The third-order valence-corrected chi connectivity index (χ3v) is 4.27. The number of ether oxygens (including phenoxy) is 2. The van der Waals surface area contributed by atoms with Crippen LogP contribution in [-0.4, -0.2) is 39.3 Å². The summed E-state index contributed by atoms with van der Waals surface area (Å²) in [7, 11) is 1.65. The summed E-state index contributed by atoms with van der Waals surface area (Å²) in [5.41, 5.74) is 1.87. The Morgan fingerprint density at radius 3 is 2.78 bits per heavy atom. The molecule has 23 heavy (non-hydrogen) atoms. The van der Waals surface area contributed by atoms with Gasteiger partial charge in [-0.05, 0) is 69.0 Å². The van der Waals surface area contributed by atoms with Crippen LogP contribution in [0.4, 0.5) is 5.69 Å². The second-order valence-electron chi connectivity index (χ2n) is 6.10. The number of nitrogens with one attached hydrogen (secondary N) is 2. The largest absolute Gasteiger partial charge is 0.491 e. The zero-order chi connectivity index (χ0) is 16.5. The molecule has 0 atom stereocenters. The highest BCUT2D eigenvalue weighted by molar-refractivity contribution is 5.91. The first kappa shape index (κ1) is 17.8. The second kappa shape index (κ2) is 9.53. The van der Waals surface area contributed by atoms with Crippen LogP contribution in [0.25, 0.3) is 0 Å². The van der Waals surface area contributed by atoms with Gasteiger partial charge in [0.15, 0.2) is 0 Å². The molecule has 1 heterocycles. The summed E-state index contributed by atoms with van der Waals surface area (Å²) in [4.78, 5) is 12.1. The van der Waals surface area contributed by atoms with E-state index in [2.05, 4.69) is 10.6 Å². The molecule has 1 amide bonds. The molecule has 1 fully saturated rings. The van der Waals surface area contributed by atoms with E-state index < -0.39 is 0 Å². The van der Waals surface area contributed by atoms with Crippen LogP contribution in [0, 0.1) is 12.8 Å². The number of hydrogen-bond acceptors (Lipinski definition) is 4. The van der Waals surface area contributed by atoms with Crippen molar-refractivity contribution >= 4 is 11.6 Å². The first-order chi connectivity index (χ1) is 11.2. The molecule has 128 valence electrons. The minimum absolute atomic E-state index is 0.0969. The van der Waals surface area contributed by atoms with Crippen molar-refractivity contribution in [3.8, 4) is 5.75 Å². The van der Waals surface area contributed by atoms with Gasteiger partial charge in [-0.15, -0.1) is 0 Å². The highest BCUT2D eigenvalue weighted by atomic mass is 16.5. The van der Waals surface area contributed by atoms with Gasteiger partial charge in [-0.2, -0.15) is 0 Å². The normalized spacial score (nSPS) is 15.4. The predicted molar refractivity (Wildman–Crippen MR) is 92.0 cm³/mol. The van der Waals surface area contributed by atoms with Crippen LogP contribution >= 0.6 is 0 Å². The molecule has 1 saturated heterocycles. The van der Waals surface area contributed by atoms with Crippen molar-refractivity contribution in [3.05, 3.63) is 23.8 Å². The zero-order valence-corrected chi connectivity index (χ0v) is 14.2. The zero-order valence-electron chi connectivity index (χ0n) is 14.2. The fraction of sp³-hybridized carbons (Fsp3) is 0.611. The smallest absolute Gasteiger partial charge is 0.224 e. The molecule has 1 aliphatic heterocycles. The van der Waals surface area contributed by atoms with E-state index in [4.69, 9.17) is 9.47 Å². The lowest BCUT2D eigenvalue weighted by Gasteiger charge is -2.22. The molecule has 5 nitrogen and oxygen atoms in total. The van der Waals surface area contributed by atoms with E-state index in [1.807, 2.05) is 25.1 Å². The van der Waals surface area contributed by atoms with Gasteiger partial charge in [0.25, 0.3) is 0 Å². The topological polar surface area (TPSA) is 59.6 Å². The van der Waals surface area contributed by atoms with Crippen LogP contribution in [0.1, 0.15) is 31.2 Å². The van der Waals surface area contributed by atoms with E-state index in [1.54, 1.807) is 7.11 Å². The maximum atomic E-state index is 12.1. The van der Waals surface area contributed by atoms with Gasteiger partial charge in [-0.1, -0.05) is 0 Å². The summed E-state index contributed by atoms with van der Waals surface area (Å²) < 4.78 is 10.5. The van der Waals surface area contributed by atoms with Crippen molar-refractivity contribution in [2.24, 2.45) is 5.92 Å². The number of benzene rings is 1. The molecule has 2 rings (SSSR count). The highest BCUT2D eigenvalue weighted by Gasteiger charge is 2.15. The number of amides is 1. The Balaban J connectivity index is 1.78. The Hall–Kier alpha value is -1.59. The van der Waals surface area contributed by atoms with Crippen LogP contribution in [0.15, 0.2) is 18.2 Å². The molecule has 0 bridgehead atoms. The third kappa shape index (κ3) is 6.20. The van der Waals surface area contributed by atoms with Gasteiger partial charge in [-0.25, -0.2) is 0 Å². The maximum absolute atomic E-state index is 12.1. The van der Waals surface area contributed by atoms with Crippen molar-refractivity contribution in [2.75, 3.05) is 38.7 Å². The third-order valence-electron chi connectivity index (χ3n) is 4.27. The van der Waals surface area contributed by atoms with E-state index in [1.165, 1.54) is 12.8 Å². The van der Waals surface area contributed by atoms with E-state index in [-0.39, 0.29) is 5.91 Å². The standard InChI is InChI=1S/C18H28N2O3/c1-14-13-16(23-12-11-22-2)4-5-17(14)20-18(21)6-3-15-7-9-19-10-8-15/h4-5,13,15,19H,3,6-12H2,1-2H3,(H,20,21). The summed E-state index contributed by atoms with van der Waals surface area (Å²) in [5, 5.41) is 6.36. The molecule has 2 N–H and O–H groups in total. The van der Waals surface area contributed by atoms with Crippen LogP contribution in [-0.2, 0) is 9.53 Å². The lowest BCUT2D eigenvalue weighted by atomic mass is 9.93. The van der Waals surface area contributed by atoms with E-state index in [0.29, 0.717) is 25.6 Å². The summed E-state index contributed by atoms with van der Waals surface area (Å²) in [6, 6.07) is 5.73. The first-order valence-electron chi connectivity index (χ1n) is 8.42. The number of aryl methyl sites for hydroxylation is 1. The molecule has 5 heteroatoms. The van der Waals surface area contributed by atoms with Gasteiger partial charge in [-0.3, -0.25) is 4.79 Å². The average Bonchev–Trinajstić information content (AvgIpc) is 2.57. The van der Waals surface area contributed by atoms with Crippen LogP contribution in [0.5, 0.6) is 5.75 Å². The van der Waals surface area contributed by atoms with Gasteiger partial charge >= 0.3 is 0 Å². The van der Waals surface area contributed by atoms with Crippen molar-refractivity contribution in [1.29, 1.82) is 0 Å². The van der Waals surface area contributed by atoms with Gasteiger partial charge in [0.2, 0.25) is 5.91 Å². The second-order valence-corrected chi connectivity index (χ2v) is 6.10. The average molecular weight is 320 g/mol. The van der Waals surface area contributed by atoms with E-state index in [0.717, 1.165) is 36.5 Å². The van der Waals surface area contributed by atoms with Gasteiger partial charge in [0.05, 0.1) is 6.61 Å². The van der Waals surface area contributed by atoms with E-state index in [9.17, 15) is 4.79 Å².